The smallest absolute Gasteiger partial charge is 0.410 e. The van der Waals surface area contributed by atoms with Crippen LogP contribution in [0.4, 0.5) is 16.2 Å². The van der Waals surface area contributed by atoms with Gasteiger partial charge in [-0.3, -0.25) is 4.90 Å². The summed E-state index contributed by atoms with van der Waals surface area (Å²) >= 11 is 0. The molecule has 0 unspecified atom stereocenters. The predicted molar refractivity (Wildman–Crippen MR) is 107 cm³/mol. The van der Waals surface area contributed by atoms with Crippen molar-refractivity contribution < 1.29 is 9.53 Å². The van der Waals surface area contributed by atoms with Crippen molar-refractivity contribution in [1.82, 2.24) is 9.80 Å². The van der Waals surface area contributed by atoms with Crippen LogP contribution in [0.5, 0.6) is 0 Å². The number of amides is 1. The van der Waals surface area contributed by atoms with Crippen LogP contribution >= 0.6 is 0 Å². The van der Waals surface area contributed by atoms with Gasteiger partial charge in [-0.25, -0.2) is 4.79 Å². The van der Waals surface area contributed by atoms with Gasteiger partial charge in [-0.2, -0.15) is 0 Å². The molecule has 0 bridgehead atoms. The minimum Gasteiger partial charge on any atom is -0.445 e. The average molecular weight is 366 g/mol. The number of likely N-dealkylation sites (tertiary alicyclic amines) is 1. The second-order valence-corrected chi connectivity index (χ2v) is 7.21. The van der Waals surface area contributed by atoms with E-state index in [-0.39, 0.29) is 6.09 Å². The van der Waals surface area contributed by atoms with Crippen molar-refractivity contribution in [2.45, 2.75) is 12.6 Å². The first-order chi connectivity index (χ1) is 13.2. The summed E-state index contributed by atoms with van der Waals surface area (Å²) in [5.74, 6) is 0. The molecule has 2 aliphatic heterocycles. The summed E-state index contributed by atoms with van der Waals surface area (Å²) < 4.78 is 5.40. The number of hydrogen-bond donors (Lipinski definition) is 1. The van der Waals surface area contributed by atoms with Crippen LogP contribution in [0.2, 0.25) is 0 Å². The topological polar surface area (TPSA) is 62.0 Å². The molecule has 2 saturated heterocycles. The zero-order valence-corrected chi connectivity index (χ0v) is 15.5. The molecule has 1 amide bonds. The van der Waals surface area contributed by atoms with Gasteiger partial charge in [-0.1, -0.05) is 30.3 Å². The van der Waals surface area contributed by atoms with Crippen molar-refractivity contribution in [1.29, 1.82) is 0 Å². The molecule has 4 rings (SSSR count). The van der Waals surface area contributed by atoms with Gasteiger partial charge in [0.2, 0.25) is 0 Å². The fraction of sp³-hybridized carbons (Fsp3) is 0.381. The lowest BCUT2D eigenvalue weighted by Gasteiger charge is -2.47. The standard InChI is InChI=1S/C21H26N4O2/c22-18-6-8-19(9-7-18)23-10-12-24(13-11-23)20-14-25(15-20)21(26)27-16-17-4-2-1-3-5-17/h1-9,20H,10-16,22H2. The van der Waals surface area contributed by atoms with E-state index in [0.717, 1.165) is 50.5 Å². The van der Waals surface area contributed by atoms with Crippen LogP contribution in [0.25, 0.3) is 0 Å². The number of carbonyl (C=O) groups is 1. The second-order valence-electron chi connectivity index (χ2n) is 7.21. The van der Waals surface area contributed by atoms with E-state index in [9.17, 15) is 4.79 Å². The molecular formula is C21H26N4O2. The Morgan fingerprint density at radius 3 is 2.30 bits per heavy atom. The molecule has 6 heteroatoms. The van der Waals surface area contributed by atoms with Crippen molar-refractivity contribution in [3.63, 3.8) is 0 Å². The number of ether oxygens (including phenoxy) is 1. The zero-order valence-electron chi connectivity index (χ0n) is 15.5. The first-order valence-corrected chi connectivity index (χ1v) is 9.49. The Hall–Kier alpha value is -2.73. The van der Waals surface area contributed by atoms with Crippen molar-refractivity contribution >= 4 is 17.5 Å². The summed E-state index contributed by atoms with van der Waals surface area (Å²) in [6.45, 7) is 5.88. The summed E-state index contributed by atoms with van der Waals surface area (Å²) in [4.78, 5) is 18.8. The van der Waals surface area contributed by atoms with Crippen LogP contribution < -0.4 is 10.6 Å². The number of nitrogen functional groups attached to an aromatic ring is 1. The van der Waals surface area contributed by atoms with Crippen LogP contribution in [-0.4, -0.2) is 61.2 Å². The maximum absolute atomic E-state index is 12.2. The maximum Gasteiger partial charge on any atom is 0.410 e. The summed E-state index contributed by atoms with van der Waals surface area (Å²) in [5.41, 5.74) is 8.80. The molecule has 2 aliphatic rings. The average Bonchev–Trinajstić information content (AvgIpc) is 2.67. The van der Waals surface area contributed by atoms with Gasteiger partial charge in [-0.15, -0.1) is 0 Å². The lowest BCUT2D eigenvalue weighted by atomic mass is 10.1. The number of hydrogen-bond acceptors (Lipinski definition) is 5. The van der Waals surface area contributed by atoms with Gasteiger partial charge < -0.3 is 20.3 Å². The highest BCUT2D eigenvalue weighted by Crippen LogP contribution is 2.22. The first-order valence-electron chi connectivity index (χ1n) is 9.49. The summed E-state index contributed by atoms with van der Waals surface area (Å²) in [6, 6.07) is 18.3. The molecule has 2 heterocycles. The van der Waals surface area contributed by atoms with E-state index in [1.165, 1.54) is 5.69 Å². The highest BCUT2D eigenvalue weighted by molar-refractivity contribution is 5.69. The minimum absolute atomic E-state index is 0.212. The first kappa shape index (κ1) is 17.7. The van der Waals surface area contributed by atoms with Gasteiger partial charge in [0.05, 0.1) is 0 Å². The molecule has 2 fully saturated rings. The molecule has 2 aromatic carbocycles. The predicted octanol–water partition coefficient (Wildman–Crippen LogP) is 2.41. The molecule has 27 heavy (non-hydrogen) atoms. The number of piperazine rings is 1. The summed E-state index contributed by atoms with van der Waals surface area (Å²) in [5, 5.41) is 0. The maximum atomic E-state index is 12.2. The zero-order chi connectivity index (χ0) is 18.6. The molecule has 0 aliphatic carbocycles. The molecule has 6 nitrogen and oxygen atoms in total. The number of carbonyl (C=O) groups excluding carboxylic acids is 1. The highest BCUT2D eigenvalue weighted by atomic mass is 16.6. The minimum atomic E-state index is -0.212. The van der Waals surface area contributed by atoms with Crippen molar-refractivity contribution in [2.75, 3.05) is 49.9 Å². The fourth-order valence-corrected chi connectivity index (χ4v) is 3.68. The summed E-state index contributed by atoms with van der Waals surface area (Å²) in [7, 11) is 0. The van der Waals surface area contributed by atoms with Gasteiger partial charge in [0, 0.05) is 56.7 Å². The van der Waals surface area contributed by atoms with Crippen LogP contribution in [0.15, 0.2) is 54.6 Å². The van der Waals surface area contributed by atoms with E-state index in [1.807, 2.05) is 42.5 Å². The Bertz CT molecular complexity index is 752. The van der Waals surface area contributed by atoms with Crippen LogP contribution in [-0.2, 0) is 11.3 Å². The van der Waals surface area contributed by atoms with Gasteiger partial charge in [-0.05, 0) is 29.8 Å². The third-order valence-corrected chi connectivity index (χ3v) is 5.41. The molecule has 0 saturated carbocycles. The van der Waals surface area contributed by atoms with Crippen molar-refractivity contribution in [3.05, 3.63) is 60.2 Å². The van der Waals surface area contributed by atoms with Crippen LogP contribution in [0.3, 0.4) is 0 Å². The molecular weight excluding hydrogens is 340 g/mol. The molecule has 0 aromatic heterocycles. The van der Waals surface area contributed by atoms with Gasteiger partial charge in [0.15, 0.2) is 0 Å². The molecule has 0 spiro atoms. The number of anilines is 2. The van der Waals surface area contributed by atoms with E-state index in [1.54, 1.807) is 4.90 Å². The van der Waals surface area contributed by atoms with Gasteiger partial charge in [0.1, 0.15) is 6.61 Å². The van der Waals surface area contributed by atoms with Crippen molar-refractivity contribution in [3.8, 4) is 0 Å². The van der Waals surface area contributed by atoms with Gasteiger partial charge in [0.25, 0.3) is 0 Å². The normalized spacial score (nSPS) is 18.2. The lowest BCUT2D eigenvalue weighted by Crippen LogP contribution is -2.64. The van der Waals surface area contributed by atoms with Gasteiger partial charge >= 0.3 is 6.09 Å². The highest BCUT2D eigenvalue weighted by Gasteiger charge is 2.36. The monoisotopic (exact) mass is 366 g/mol. The van der Waals surface area contributed by atoms with E-state index in [4.69, 9.17) is 10.5 Å². The lowest BCUT2D eigenvalue weighted by molar-refractivity contribution is 0.0168. The van der Waals surface area contributed by atoms with Crippen LogP contribution in [0.1, 0.15) is 5.56 Å². The van der Waals surface area contributed by atoms with Crippen molar-refractivity contribution in [2.24, 2.45) is 0 Å². The second kappa shape index (κ2) is 7.88. The molecule has 142 valence electrons. The number of rotatable bonds is 4. The quantitative estimate of drug-likeness (QED) is 0.842. The van der Waals surface area contributed by atoms with Crippen LogP contribution in [0, 0.1) is 0 Å². The third-order valence-electron chi connectivity index (χ3n) is 5.41. The fourth-order valence-electron chi connectivity index (χ4n) is 3.68. The molecule has 0 radical (unpaired) electrons. The summed E-state index contributed by atoms with van der Waals surface area (Å²) in [6.07, 6.45) is -0.212. The Kier molecular flexibility index (Phi) is 5.16. The largest absolute Gasteiger partial charge is 0.445 e. The van der Waals surface area contributed by atoms with E-state index in [0.29, 0.717) is 12.6 Å². The Morgan fingerprint density at radius 2 is 1.63 bits per heavy atom. The van der Waals surface area contributed by atoms with E-state index < -0.39 is 0 Å². The SMILES string of the molecule is Nc1ccc(N2CCN(C3CN(C(=O)OCc4ccccc4)C3)CC2)cc1. The molecule has 0 atom stereocenters. The number of benzene rings is 2. The Balaban J connectivity index is 1.19. The van der Waals surface area contributed by atoms with E-state index in [2.05, 4.69) is 21.9 Å². The molecule has 2 N–H and O–H groups in total. The Morgan fingerprint density at radius 1 is 0.963 bits per heavy atom. The Labute approximate surface area is 160 Å². The number of nitrogens with zero attached hydrogens (tertiary/aromatic N) is 3. The third kappa shape index (κ3) is 4.17. The van der Waals surface area contributed by atoms with E-state index >= 15 is 0 Å². The number of nitrogens with two attached hydrogens (primary N) is 1. The molecule has 2 aromatic rings.